The molecule has 17 heavy (non-hydrogen) atoms. The van der Waals surface area contributed by atoms with Crippen LogP contribution in [0.2, 0.25) is 0 Å². The normalized spacial score (nSPS) is 43.8. The molecule has 2 atom stereocenters. The van der Waals surface area contributed by atoms with Crippen LogP contribution in [0.5, 0.6) is 0 Å². The molecule has 0 spiro atoms. The summed E-state index contributed by atoms with van der Waals surface area (Å²) in [6.45, 7) is 8.47. The molecule has 96 valence electrons. The van der Waals surface area contributed by atoms with Crippen LogP contribution in [0.1, 0.15) is 39.5 Å². The van der Waals surface area contributed by atoms with Gasteiger partial charge in [0, 0.05) is 12.8 Å². The summed E-state index contributed by atoms with van der Waals surface area (Å²) in [4.78, 5) is 1.70. The van der Waals surface area contributed by atoms with E-state index in [-0.39, 0.29) is 6.10 Å². The van der Waals surface area contributed by atoms with Crippen LogP contribution in [0.3, 0.4) is 0 Å². The summed E-state index contributed by atoms with van der Waals surface area (Å²) in [6.07, 6.45) is 7.26. The van der Waals surface area contributed by atoms with E-state index in [1.807, 2.05) is 0 Å². The Morgan fingerprint density at radius 3 is 2.65 bits per heavy atom. The van der Waals surface area contributed by atoms with Gasteiger partial charge < -0.3 is 10.0 Å². The molecule has 1 saturated heterocycles. The number of fused-ring (bicyclic) bond motifs is 1. The second-order valence-corrected chi connectivity index (χ2v) is 6.98. The van der Waals surface area contributed by atoms with Crippen LogP contribution >= 0.6 is 0 Å². The molecule has 1 aliphatic heterocycles. The summed E-state index contributed by atoms with van der Waals surface area (Å²) in [5.74, 6) is 1.81. The second kappa shape index (κ2) is 4.10. The SMILES string of the molecule is CC1(C)[C@H]2CC=C(C[NH+]3CCC(O)CC3)[C@@H]1C2. The van der Waals surface area contributed by atoms with E-state index in [0.29, 0.717) is 5.41 Å². The zero-order valence-electron chi connectivity index (χ0n) is 11.2. The van der Waals surface area contributed by atoms with Crippen molar-refractivity contribution in [3.63, 3.8) is 0 Å². The van der Waals surface area contributed by atoms with Gasteiger partial charge in [-0.1, -0.05) is 19.9 Å². The Kier molecular flexibility index (Phi) is 2.83. The highest BCUT2D eigenvalue weighted by Gasteiger charge is 2.51. The smallest absolute Gasteiger partial charge is 0.0990 e. The number of allylic oxidation sites excluding steroid dienone is 1. The molecule has 2 nitrogen and oxygen atoms in total. The lowest BCUT2D eigenvalue weighted by molar-refractivity contribution is -0.901. The minimum absolute atomic E-state index is 0.0244. The lowest BCUT2D eigenvalue weighted by atomic mass is 9.49. The first kappa shape index (κ1) is 11.7. The van der Waals surface area contributed by atoms with Gasteiger partial charge in [0.1, 0.15) is 0 Å². The van der Waals surface area contributed by atoms with Gasteiger partial charge in [0.2, 0.25) is 0 Å². The molecule has 1 saturated carbocycles. The minimum Gasteiger partial charge on any atom is -0.393 e. The Bertz CT molecular complexity index is 326. The third kappa shape index (κ3) is 1.96. The van der Waals surface area contributed by atoms with Crippen molar-refractivity contribution in [3.8, 4) is 0 Å². The monoisotopic (exact) mass is 236 g/mol. The van der Waals surface area contributed by atoms with Gasteiger partial charge in [-0.25, -0.2) is 0 Å². The van der Waals surface area contributed by atoms with Gasteiger partial charge in [0.25, 0.3) is 0 Å². The predicted octanol–water partition coefficient (Wildman–Crippen LogP) is 1.02. The average Bonchev–Trinajstić information content (AvgIpc) is 2.32. The first-order valence-electron chi connectivity index (χ1n) is 7.28. The molecule has 0 aromatic rings. The summed E-state index contributed by atoms with van der Waals surface area (Å²) in [6, 6.07) is 0. The molecular formula is C15H26NO+. The van der Waals surface area contributed by atoms with Gasteiger partial charge in [0.15, 0.2) is 0 Å². The lowest BCUT2D eigenvalue weighted by Gasteiger charge is -2.56. The quantitative estimate of drug-likeness (QED) is 0.688. The van der Waals surface area contributed by atoms with E-state index in [0.717, 1.165) is 37.8 Å². The largest absolute Gasteiger partial charge is 0.393 e. The fourth-order valence-electron chi connectivity index (χ4n) is 4.15. The summed E-state index contributed by atoms with van der Waals surface area (Å²) in [5, 5.41) is 9.55. The number of hydrogen-bond acceptors (Lipinski definition) is 1. The van der Waals surface area contributed by atoms with Crippen molar-refractivity contribution in [2.75, 3.05) is 19.6 Å². The summed E-state index contributed by atoms with van der Waals surface area (Å²) < 4.78 is 0. The van der Waals surface area contributed by atoms with E-state index in [2.05, 4.69) is 19.9 Å². The topological polar surface area (TPSA) is 24.7 Å². The summed E-state index contributed by atoms with van der Waals surface area (Å²) in [5.41, 5.74) is 2.29. The molecule has 3 aliphatic carbocycles. The van der Waals surface area contributed by atoms with Crippen LogP contribution in [-0.2, 0) is 0 Å². The van der Waals surface area contributed by atoms with Gasteiger partial charge in [-0.15, -0.1) is 0 Å². The van der Waals surface area contributed by atoms with Crippen LogP contribution in [0.25, 0.3) is 0 Å². The average molecular weight is 236 g/mol. The Morgan fingerprint density at radius 1 is 1.35 bits per heavy atom. The van der Waals surface area contributed by atoms with Crippen LogP contribution in [0, 0.1) is 17.3 Å². The third-order valence-electron chi connectivity index (χ3n) is 5.70. The highest BCUT2D eigenvalue weighted by molar-refractivity contribution is 5.23. The van der Waals surface area contributed by atoms with E-state index >= 15 is 0 Å². The van der Waals surface area contributed by atoms with E-state index in [1.54, 1.807) is 10.5 Å². The van der Waals surface area contributed by atoms with E-state index < -0.39 is 0 Å². The van der Waals surface area contributed by atoms with Crippen LogP contribution < -0.4 is 4.90 Å². The number of likely N-dealkylation sites (tertiary alicyclic amines) is 1. The zero-order valence-corrected chi connectivity index (χ0v) is 11.2. The van der Waals surface area contributed by atoms with Gasteiger partial charge in [-0.05, 0) is 35.7 Å². The molecule has 0 radical (unpaired) electrons. The van der Waals surface area contributed by atoms with E-state index in [4.69, 9.17) is 0 Å². The molecule has 1 heterocycles. The van der Waals surface area contributed by atoms with Crippen molar-refractivity contribution in [1.82, 2.24) is 0 Å². The molecule has 2 heteroatoms. The molecular weight excluding hydrogens is 210 g/mol. The fourth-order valence-corrected chi connectivity index (χ4v) is 4.15. The van der Waals surface area contributed by atoms with E-state index in [1.165, 1.54) is 19.4 Å². The van der Waals surface area contributed by atoms with Gasteiger partial charge in [-0.2, -0.15) is 0 Å². The maximum absolute atomic E-state index is 9.55. The van der Waals surface area contributed by atoms with Crippen LogP contribution in [0.4, 0.5) is 0 Å². The van der Waals surface area contributed by atoms with Crippen molar-refractivity contribution >= 4 is 0 Å². The van der Waals surface area contributed by atoms with Gasteiger partial charge >= 0.3 is 0 Å². The Labute approximate surface area is 105 Å². The number of aliphatic hydroxyl groups is 1. The van der Waals surface area contributed by atoms with Crippen molar-refractivity contribution in [1.29, 1.82) is 0 Å². The number of aliphatic hydroxyl groups excluding tert-OH is 1. The molecule has 2 N–H and O–H groups in total. The number of piperidine rings is 1. The Morgan fingerprint density at radius 2 is 2.06 bits per heavy atom. The van der Waals surface area contributed by atoms with Crippen LogP contribution in [0.15, 0.2) is 11.6 Å². The Hall–Kier alpha value is -0.340. The standard InChI is InChI=1S/C15H25NO/c1-15(2)12-4-3-11(14(15)9-12)10-16-7-5-13(17)6-8-16/h3,12-14,17H,4-10H2,1-2H3/p+1/t12-,14-/m0/s1. The maximum atomic E-state index is 9.55. The van der Waals surface area contributed by atoms with E-state index in [9.17, 15) is 5.11 Å². The summed E-state index contributed by atoms with van der Waals surface area (Å²) in [7, 11) is 0. The molecule has 4 aliphatic rings. The van der Waals surface area contributed by atoms with Crippen molar-refractivity contribution in [3.05, 3.63) is 11.6 Å². The molecule has 2 fully saturated rings. The maximum Gasteiger partial charge on any atom is 0.0990 e. The summed E-state index contributed by atoms with van der Waals surface area (Å²) >= 11 is 0. The third-order valence-corrected chi connectivity index (χ3v) is 5.70. The predicted molar refractivity (Wildman–Crippen MR) is 68.9 cm³/mol. The number of nitrogens with one attached hydrogen (secondary N) is 1. The highest BCUT2D eigenvalue weighted by atomic mass is 16.3. The second-order valence-electron chi connectivity index (χ2n) is 6.98. The zero-order chi connectivity index (χ0) is 12.0. The molecule has 2 bridgehead atoms. The van der Waals surface area contributed by atoms with Crippen molar-refractivity contribution in [2.24, 2.45) is 17.3 Å². The molecule has 0 unspecified atom stereocenters. The van der Waals surface area contributed by atoms with Crippen LogP contribution in [-0.4, -0.2) is 30.8 Å². The highest BCUT2D eigenvalue weighted by Crippen LogP contribution is 2.58. The van der Waals surface area contributed by atoms with Crippen molar-refractivity contribution < 1.29 is 10.0 Å². The first-order valence-corrected chi connectivity index (χ1v) is 7.28. The minimum atomic E-state index is -0.0244. The van der Waals surface area contributed by atoms with Gasteiger partial charge in [0.05, 0.1) is 25.7 Å². The number of rotatable bonds is 2. The van der Waals surface area contributed by atoms with Crippen molar-refractivity contribution in [2.45, 2.75) is 45.6 Å². The number of hydrogen-bond donors (Lipinski definition) is 2. The molecule has 0 aromatic heterocycles. The lowest BCUT2D eigenvalue weighted by Crippen LogP contribution is -3.13. The first-order chi connectivity index (χ1) is 8.07. The fraction of sp³-hybridized carbons (Fsp3) is 0.867. The molecule has 4 rings (SSSR count). The molecule has 0 amide bonds. The molecule has 0 aromatic carbocycles. The van der Waals surface area contributed by atoms with Gasteiger partial charge in [-0.3, -0.25) is 0 Å². The number of quaternary nitrogens is 1. The Balaban J connectivity index is 1.61.